The summed E-state index contributed by atoms with van der Waals surface area (Å²) < 4.78 is 45.5. The minimum Gasteiger partial charge on any atom is -0.489 e. The van der Waals surface area contributed by atoms with Gasteiger partial charge in [-0.3, -0.25) is 14.3 Å². The summed E-state index contributed by atoms with van der Waals surface area (Å²) in [5.74, 6) is 0.109. The summed E-state index contributed by atoms with van der Waals surface area (Å²) in [5.41, 5.74) is 4.59. The zero-order valence-electron chi connectivity index (χ0n) is 21.8. The first-order valence-electron chi connectivity index (χ1n) is 12.3. The number of nitrogens with zero attached hydrogens (tertiary/aromatic N) is 2. The van der Waals surface area contributed by atoms with Crippen molar-refractivity contribution in [2.24, 2.45) is 0 Å². The highest BCUT2D eigenvalue weighted by atomic mass is 19.4. The monoisotopic (exact) mass is 535 g/mol. The van der Waals surface area contributed by atoms with E-state index in [9.17, 15) is 22.8 Å². The van der Waals surface area contributed by atoms with Gasteiger partial charge < -0.3 is 10.1 Å². The number of carbonyl (C=O) groups is 2. The zero-order chi connectivity index (χ0) is 28.2. The Morgan fingerprint density at radius 2 is 1.62 bits per heavy atom. The predicted molar refractivity (Wildman–Crippen MR) is 141 cm³/mol. The van der Waals surface area contributed by atoms with E-state index >= 15 is 0 Å². The maximum absolute atomic E-state index is 13.0. The van der Waals surface area contributed by atoms with Crippen LogP contribution in [0.4, 0.5) is 13.2 Å². The number of Topliss-reactive ketones (excluding diaryl/α,β-unsaturated/α-hetero) is 1. The van der Waals surface area contributed by atoms with Crippen LogP contribution in [0.1, 0.15) is 54.4 Å². The van der Waals surface area contributed by atoms with E-state index in [1.807, 2.05) is 36.7 Å². The van der Waals surface area contributed by atoms with Crippen LogP contribution < -0.4 is 10.1 Å². The van der Waals surface area contributed by atoms with Gasteiger partial charge in [-0.15, -0.1) is 0 Å². The summed E-state index contributed by atoms with van der Waals surface area (Å²) in [6.45, 7) is 4.42. The number of halogens is 3. The predicted octanol–water partition coefficient (Wildman–Crippen LogP) is 5.93. The molecule has 1 aromatic heterocycles. The first kappa shape index (κ1) is 27.6. The minimum atomic E-state index is -4.39. The van der Waals surface area contributed by atoms with E-state index in [4.69, 9.17) is 4.74 Å². The molecule has 4 aromatic rings. The largest absolute Gasteiger partial charge is 0.489 e. The summed E-state index contributed by atoms with van der Waals surface area (Å²) in [6, 6.07) is 18.8. The third-order valence-corrected chi connectivity index (χ3v) is 6.48. The fourth-order valence-corrected chi connectivity index (χ4v) is 4.23. The smallest absolute Gasteiger partial charge is 0.416 e. The van der Waals surface area contributed by atoms with Gasteiger partial charge in [-0.2, -0.15) is 18.3 Å². The SMILES string of the molecule is CNC(=O)c1cccc(Cn2nc(C)c(CC(=O)c3ccc(COc4ccc(C(F)(F)F)cc4)cc3)c2C)c1. The van der Waals surface area contributed by atoms with Crippen LogP contribution in [-0.2, 0) is 25.7 Å². The maximum atomic E-state index is 13.0. The Kier molecular flexibility index (Phi) is 8.18. The van der Waals surface area contributed by atoms with E-state index in [2.05, 4.69) is 10.4 Å². The average Bonchev–Trinajstić information content (AvgIpc) is 3.18. The van der Waals surface area contributed by atoms with Crippen molar-refractivity contribution in [1.82, 2.24) is 15.1 Å². The second kappa shape index (κ2) is 11.6. The Morgan fingerprint density at radius 3 is 2.26 bits per heavy atom. The highest BCUT2D eigenvalue weighted by Gasteiger charge is 2.30. The number of aromatic nitrogens is 2. The van der Waals surface area contributed by atoms with Gasteiger partial charge in [0.2, 0.25) is 0 Å². The molecule has 1 amide bonds. The molecule has 0 aliphatic rings. The number of rotatable bonds is 9. The fourth-order valence-electron chi connectivity index (χ4n) is 4.23. The van der Waals surface area contributed by atoms with Crippen LogP contribution in [-0.4, -0.2) is 28.5 Å². The summed E-state index contributed by atoms with van der Waals surface area (Å²) in [7, 11) is 1.59. The number of ketones is 1. The van der Waals surface area contributed by atoms with E-state index in [0.29, 0.717) is 23.4 Å². The molecule has 0 fully saturated rings. The average molecular weight is 536 g/mol. The summed E-state index contributed by atoms with van der Waals surface area (Å²) >= 11 is 0. The highest BCUT2D eigenvalue weighted by molar-refractivity contribution is 5.97. The molecule has 39 heavy (non-hydrogen) atoms. The quantitative estimate of drug-likeness (QED) is 0.270. The van der Waals surface area contributed by atoms with E-state index in [-0.39, 0.29) is 24.7 Å². The molecule has 0 saturated carbocycles. The van der Waals surface area contributed by atoms with Crippen molar-refractivity contribution in [2.75, 3.05) is 7.05 Å². The lowest BCUT2D eigenvalue weighted by Crippen LogP contribution is -2.18. The van der Waals surface area contributed by atoms with Crippen molar-refractivity contribution in [1.29, 1.82) is 0 Å². The molecule has 0 saturated heterocycles. The van der Waals surface area contributed by atoms with Crippen molar-refractivity contribution in [3.8, 4) is 5.75 Å². The molecule has 0 aliphatic heterocycles. The molecule has 0 radical (unpaired) electrons. The Labute approximate surface area is 224 Å². The van der Waals surface area contributed by atoms with Crippen molar-refractivity contribution < 1.29 is 27.5 Å². The number of carbonyl (C=O) groups excluding carboxylic acids is 2. The molecule has 0 atom stereocenters. The van der Waals surface area contributed by atoms with Gasteiger partial charge in [0.25, 0.3) is 5.91 Å². The van der Waals surface area contributed by atoms with Crippen LogP contribution >= 0.6 is 0 Å². The number of hydrogen-bond donors (Lipinski definition) is 1. The standard InChI is InChI=1S/C30H28F3N3O3/c1-19-27(20(2)36(35-19)17-22-5-4-6-24(15-22)29(38)34-3)16-28(37)23-9-7-21(8-10-23)18-39-26-13-11-25(12-14-26)30(31,32)33/h4-15H,16-18H2,1-3H3,(H,34,38). The topological polar surface area (TPSA) is 73.2 Å². The van der Waals surface area contributed by atoms with Crippen LogP contribution in [0.15, 0.2) is 72.8 Å². The van der Waals surface area contributed by atoms with Crippen LogP contribution in [0.3, 0.4) is 0 Å². The Hall–Kier alpha value is -4.40. The third kappa shape index (κ3) is 6.73. The molecule has 0 aliphatic carbocycles. The van der Waals surface area contributed by atoms with Crippen LogP contribution in [0.25, 0.3) is 0 Å². The second-order valence-corrected chi connectivity index (χ2v) is 9.19. The van der Waals surface area contributed by atoms with E-state index in [1.54, 1.807) is 37.4 Å². The number of benzene rings is 3. The molecule has 1 N–H and O–H groups in total. The number of hydrogen-bond acceptors (Lipinski definition) is 4. The van der Waals surface area contributed by atoms with Gasteiger partial charge in [0.1, 0.15) is 12.4 Å². The second-order valence-electron chi connectivity index (χ2n) is 9.19. The first-order valence-corrected chi connectivity index (χ1v) is 12.3. The van der Waals surface area contributed by atoms with Gasteiger partial charge in [-0.1, -0.05) is 36.4 Å². The molecule has 3 aromatic carbocycles. The minimum absolute atomic E-state index is 0.0578. The van der Waals surface area contributed by atoms with E-state index < -0.39 is 11.7 Å². The molecule has 1 heterocycles. The number of nitrogens with one attached hydrogen (secondary N) is 1. The summed E-state index contributed by atoms with van der Waals surface area (Å²) in [5, 5.41) is 7.24. The Bertz CT molecular complexity index is 1470. The molecule has 0 spiro atoms. The van der Waals surface area contributed by atoms with E-state index in [1.165, 1.54) is 12.1 Å². The lowest BCUT2D eigenvalue weighted by atomic mass is 10.0. The Balaban J connectivity index is 1.38. The van der Waals surface area contributed by atoms with Crippen LogP contribution in [0, 0.1) is 13.8 Å². The molecule has 4 rings (SSSR count). The summed E-state index contributed by atoms with van der Waals surface area (Å²) in [6.07, 6.45) is -4.20. The third-order valence-electron chi connectivity index (χ3n) is 6.48. The van der Waals surface area contributed by atoms with Crippen molar-refractivity contribution in [3.63, 3.8) is 0 Å². The van der Waals surface area contributed by atoms with Crippen LogP contribution in [0.5, 0.6) is 5.75 Å². The van der Waals surface area contributed by atoms with Gasteiger partial charge >= 0.3 is 6.18 Å². The van der Waals surface area contributed by atoms with E-state index in [0.717, 1.165) is 40.2 Å². The maximum Gasteiger partial charge on any atom is 0.416 e. The fraction of sp³-hybridized carbons (Fsp3) is 0.233. The first-order chi connectivity index (χ1) is 18.5. The van der Waals surface area contributed by atoms with Gasteiger partial charge in [0, 0.05) is 35.9 Å². The van der Waals surface area contributed by atoms with Gasteiger partial charge in [-0.05, 0) is 61.4 Å². The number of ether oxygens (including phenoxy) is 1. The van der Waals surface area contributed by atoms with Crippen LogP contribution in [0.2, 0.25) is 0 Å². The zero-order valence-corrected chi connectivity index (χ0v) is 21.8. The molecule has 0 unspecified atom stereocenters. The lowest BCUT2D eigenvalue weighted by molar-refractivity contribution is -0.137. The van der Waals surface area contributed by atoms with Gasteiger partial charge in [-0.25, -0.2) is 0 Å². The lowest BCUT2D eigenvalue weighted by Gasteiger charge is -2.10. The Morgan fingerprint density at radius 1 is 0.923 bits per heavy atom. The summed E-state index contributed by atoms with van der Waals surface area (Å²) in [4.78, 5) is 25.0. The van der Waals surface area contributed by atoms with Gasteiger partial charge in [0.05, 0.1) is 17.8 Å². The highest BCUT2D eigenvalue weighted by Crippen LogP contribution is 2.30. The number of alkyl halides is 3. The molecule has 202 valence electrons. The molecular weight excluding hydrogens is 507 g/mol. The molecule has 0 bridgehead atoms. The molecule has 9 heteroatoms. The molecular formula is C30H28F3N3O3. The van der Waals surface area contributed by atoms with Crippen molar-refractivity contribution in [3.05, 3.63) is 118 Å². The number of aryl methyl sites for hydroxylation is 1. The van der Waals surface area contributed by atoms with Crippen molar-refractivity contribution in [2.45, 2.75) is 39.6 Å². The van der Waals surface area contributed by atoms with Crippen molar-refractivity contribution >= 4 is 11.7 Å². The number of amides is 1. The normalized spacial score (nSPS) is 11.3. The van der Waals surface area contributed by atoms with Gasteiger partial charge in [0.15, 0.2) is 5.78 Å². The molecule has 6 nitrogen and oxygen atoms in total.